The summed E-state index contributed by atoms with van der Waals surface area (Å²) in [7, 11) is 0. The van der Waals surface area contributed by atoms with Crippen molar-refractivity contribution in [1.29, 1.82) is 0 Å². The SMILES string of the molecule is CCOC(=O)Nc1ccc(F)cc1Cl. The molecule has 0 aromatic heterocycles. The number of hydrogen-bond acceptors (Lipinski definition) is 2. The van der Waals surface area contributed by atoms with Gasteiger partial charge in [0, 0.05) is 0 Å². The van der Waals surface area contributed by atoms with Crippen molar-refractivity contribution in [3.63, 3.8) is 0 Å². The normalized spacial score (nSPS) is 9.64. The van der Waals surface area contributed by atoms with Gasteiger partial charge < -0.3 is 4.74 Å². The van der Waals surface area contributed by atoms with Crippen molar-refractivity contribution in [2.75, 3.05) is 11.9 Å². The van der Waals surface area contributed by atoms with E-state index in [1.54, 1.807) is 6.92 Å². The molecule has 1 N–H and O–H groups in total. The summed E-state index contributed by atoms with van der Waals surface area (Å²) in [6.07, 6.45) is -0.610. The van der Waals surface area contributed by atoms with Crippen molar-refractivity contribution < 1.29 is 13.9 Å². The van der Waals surface area contributed by atoms with E-state index in [4.69, 9.17) is 11.6 Å². The Morgan fingerprint density at radius 2 is 2.36 bits per heavy atom. The number of nitrogens with one attached hydrogen (secondary N) is 1. The molecule has 0 fully saturated rings. The molecule has 0 saturated heterocycles. The number of anilines is 1. The Bertz CT molecular complexity index is 344. The zero-order valence-electron chi connectivity index (χ0n) is 7.51. The Labute approximate surface area is 85.8 Å². The van der Waals surface area contributed by atoms with Crippen LogP contribution in [-0.4, -0.2) is 12.7 Å². The highest BCUT2D eigenvalue weighted by Crippen LogP contribution is 2.22. The highest BCUT2D eigenvalue weighted by atomic mass is 35.5. The van der Waals surface area contributed by atoms with E-state index in [9.17, 15) is 9.18 Å². The van der Waals surface area contributed by atoms with Crippen LogP contribution in [0.3, 0.4) is 0 Å². The van der Waals surface area contributed by atoms with Crippen LogP contribution in [0.25, 0.3) is 0 Å². The van der Waals surface area contributed by atoms with Gasteiger partial charge in [0.05, 0.1) is 17.3 Å². The van der Waals surface area contributed by atoms with E-state index in [2.05, 4.69) is 10.1 Å². The van der Waals surface area contributed by atoms with E-state index in [0.717, 1.165) is 6.07 Å². The minimum absolute atomic E-state index is 0.137. The number of hydrogen-bond donors (Lipinski definition) is 1. The first-order valence-electron chi connectivity index (χ1n) is 4.02. The van der Waals surface area contributed by atoms with Gasteiger partial charge in [0.1, 0.15) is 5.82 Å². The molecular weight excluding hydrogens is 209 g/mol. The number of ether oxygens (including phenoxy) is 1. The van der Waals surface area contributed by atoms with Gasteiger partial charge in [-0.3, -0.25) is 5.32 Å². The molecular formula is C9H9ClFNO2. The van der Waals surface area contributed by atoms with E-state index in [1.807, 2.05) is 0 Å². The monoisotopic (exact) mass is 217 g/mol. The van der Waals surface area contributed by atoms with Gasteiger partial charge >= 0.3 is 6.09 Å². The smallest absolute Gasteiger partial charge is 0.411 e. The van der Waals surface area contributed by atoms with Crippen LogP contribution in [0.4, 0.5) is 14.9 Å². The lowest BCUT2D eigenvalue weighted by molar-refractivity contribution is 0.168. The minimum atomic E-state index is -0.610. The summed E-state index contributed by atoms with van der Waals surface area (Å²) in [5.41, 5.74) is 0.325. The van der Waals surface area contributed by atoms with Gasteiger partial charge in [0.15, 0.2) is 0 Å². The van der Waals surface area contributed by atoms with Crippen LogP contribution < -0.4 is 5.32 Å². The quantitative estimate of drug-likeness (QED) is 0.827. The van der Waals surface area contributed by atoms with Gasteiger partial charge in [-0.2, -0.15) is 0 Å². The van der Waals surface area contributed by atoms with E-state index >= 15 is 0 Å². The van der Waals surface area contributed by atoms with Gasteiger partial charge in [-0.05, 0) is 25.1 Å². The van der Waals surface area contributed by atoms with Crippen LogP contribution >= 0.6 is 11.6 Å². The van der Waals surface area contributed by atoms with Crippen molar-refractivity contribution in [3.8, 4) is 0 Å². The maximum Gasteiger partial charge on any atom is 0.411 e. The highest BCUT2D eigenvalue weighted by molar-refractivity contribution is 6.33. The fourth-order valence-electron chi connectivity index (χ4n) is 0.868. The number of halogens is 2. The Hall–Kier alpha value is -1.29. The molecule has 14 heavy (non-hydrogen) atoms. The van der Waals surface area contributed by atoms with Crippen molar-refractivity contribution >= 4 is 23.4 Å². The lowest BCUT2D eigenvalue weighted by Gasteiger charge is -2.06. The van der Waals surface area contributed by atoms with Gasteiger partial charge in [-0.1, -0.05) is 11.6 Å². The lowest BCUT2D eigenvalue weighted by atomic mass is 10.3. The summed E-state index contributed by atoms with van der Waals surface area (Å²) in [6, 6.07) is 3.69. The Kier molecular flexibility index (Phi) is 3.71. The first-order valence-corrected chi connectivity index (χ1v) is 4.40. The fourth-order valence-corrected chi connectivity index (χ4v) is 1.08. The zero-order valence-corrected chi connectivity index (χ0v) is 8.27. The lowest BCUT2D eigenvalue weighted by Crippen LogP contribution is -2.13. The summed E-state index contributed by atoms with van der Waals surface area (Å²) in [4.78, 5) is 11.0. The predicted molar refractivity (Wildman–Crippen MR) is 52.1 cm³/mol. The average Bonchev–Trinajstić information content (AvgIpc) is 2.10. The van der Waals surface area contributed by atoms with Gasteiger partial charge in [-0.15, -0.1) is 0 Å². The Morgan fingerprint density at radius 1 is 1.64 bits per heavy atom. The molecule has 0 bridgehead atoms. The Morgan fingerprint density at radius 3 is 2.93 bits per heavy atom. The third kappa shape index (κ3) is 2.88. The number of rotatable bonds is 2. The second kappa shape index (κ2) is 4.81. The molecule has 0 aliphatic carbocycles. The molecule has 5 heteroatoms. The molecule has 76 valence electrons. The molecule has 0 radical (unpaired) electrons. The number of carbonyl (C=O) groups is 1. The summed E-state index contributed by atoms with van der Waals surface area (Å²) in [6.45, 7) is 1.95. The molecule has 1 aromatic rings. The number of carbonyl (C=O) groups excluding carboxylic acids is 1. The molecule has 0 unspecified atom stereocenters. The highest BCUT2D eigenvalue weighted by Gasteiger charge is 2.06. The number of benzene rings is 1. The van der Waals surface area contributed by atoms with Crippen molar-refractivity contribution in [2.24, 2.45) is 0 Å². The summed E-state index contributed by atoms with van der Waals surface area (Å²) >= 11 is 5.66. The Balaban J connectivity index is 2.72. The molecule has 0 aliphatic rings. The third-order valence-electron chi connectivity index (χ3n) is 1.44. The molecule has 1 amide bonds. The first kappa shape index (κ1) is 10.8. The summed E-state index contributed by atoms with van der Waals surface area (Å²) in [5.74, 6) is -0.454. The summed E-state index contributed by atoms with van der Waals surface area (Å²) < 4.78 is 17.2. The second-order valence-corrected chi connectivity index (χ2v) is 2.88. The van der Waals surface area contributed by atoms with E-state index in [1.165, 1.54) is 12.1 Å². The summed E-state index contributed by atoms with van der Waals surface area (Å²) in [5, 5.41) is 2.52. The maximum atomic E-state index is 12.6. The van der Waals surface area contributed by atoms with E-state index in [-0.39, 0.29) is 11.6 Å². The van der Waals surface area contributed by atoms with Crippen molar-refractivity contribution in [2.45, 2.75) is 6.92 Å². The maximum absolute atomic E-state index is 12.6. The minimum Gasteiger partial charge on any atom is -0.450 e. The zero-order chi connectivity index (χ0) is 10.6. The van der Waals surface area contributed by atoms with E-state index < -0.39 is 11.9 Å². The van der Waals surface area contributed by atoms with Gasteiger partial charge in [0.25, 0.3) is 0 Å². The second-order valence-electron chi connectivity index (χ2n) is 2.47. The van der Waals surface area contributed by atoms with Crippen LogP contribution in [0.1, 0.15) is 6.92 Å². The van der Waals surface area contributed by atoms with Crippen LogP contribution in [0.15, 0.2) is 18.2 Å². The van der Waals surface area contributed by atoms with Gasteiger partial charge in [-0.25, -0.2) is 9.18 Å². The molecule has 0 heterocycles. The average molecular weight is 218 g/mol. The molecule has 0 atom stereocenters. The van der Waals surface area contributed by atoms with E-state index in [0.29, 0.717) is 5.69 Å². The molecule has 3 nitrogen and oxygen atoms in total. The third-order valence-corrected chi connectivity index (χ3v) is 1.76. The van der Waals surface area contributed by atoms with Crippen LogP contribution in [0, 0.1) is 5.82 Å². The van der Waals surface area contributed by atoms with Crippen molar-refractivity contribution in [1.82, 2.24) is 0 Å². The topological polar surface area (TPSA) is 38.3 Å². The molecule has 1 aromatic carbocycles. The number of amides is 1. The van der Waals surface area contributed by atoms with Crippen LogP contribution in [-0.2, 0) is 4.74 Å². The molecule has 0 aliphatic heterocycles. The van der Waals surface area contributed by atoms with Crippen LogP contribution in [0.2, 0.25) is 5.02 Å². The molecule has 0 saturated carbocycles. The largest absolute Gasteiger partial charge is 0.450 e. The van der Waals surface area contributed by atoms with Crippen LogP contribution in [0.5, 0.6) is 0 Å². The van der Waals surface area contributed by atoms with Crippen molar-refractivity contribution in [3.05, 3.63) is 29.0 Å². The first-order chi connectivity index (χ1) is 6.63. The van der Waals surface area contributed by atoms with Gasteiger partial charge in [0.2, 0.25) is 0 Å². The molecule has 1 rings (SSSR count). The molecule has 0 spiro atoms. The standard InChI is InChI=1S/C9H9ClFNO2/c1-2-14-9(13)12-8-4-3-6(11)5-7(8)10/h3-5H,2H2,1H3,(H,12,13). The predicted octanol–water partition coefficient (Wildman–Crippen LogP) is 3.05. The fraction of sp³-hybridized carbons (Fsp3) is 0.222.